The van der Waals surface area contributed by atoms with Crippen LogP contribution in [0.4, 0.5) is 10.5 Å². The molecule has 0 saturated carbocycles. The van der Waals surface area contributed by atoms with Crippen molar-refractivity contribution in [3.8, 4) is 0 Å². The molecule has 3 N–H and O–H groups in total. The van der Waals surface area contributed by atoms with E-state index in [0.29, 0.717) is 45.4 Å². The van der Waals surface area contributed by atoms with E-state index in [9.17, 15) is 14.4 Å². The fraction of sp³-hybridized carbons (Fsp3) is 0.484. The van der Waals surface area contributed by atoms with Crippen molar-refractivity contribution in [1.82, 2.24) is 25.3 Å². The summed E-state index contributed by atoms with van der Waals surface area (Å²) in [5.41, 5.74) is 4.70. The smallest absolute Gasteiger partial charge is 0.319 e. The predicted octanol–water partition coefficient (Wildman–Crippen LogP) is 4.54. The molecule has 1 saturated heterocycles. The number of nitrogens with one attached hydrogen (secondary N) is 3. The van der Waals surface area contributed by atoms with Crippen LogP contribution in [0, 0.1) is 11.3 Å². The number of aryl methyl sites for hydroxylation is 1. The molecular formula is C31H38N6O3. The largest absolute Gasteiger partial charge is 0.342 e. The molecule has 2 aromatic carbocycles. The molecule has 3 aliphatic rings. The van der Waals surface area contributed by atoms with E-state index >= 15 is 0 Å². The van der Waals surface area contributed by atoms with E-state index in [1.165, 1.54) is 5.56 Å². The SMILES string of the molecule is CC(C)(C)CN1Cc2c(ccc3[nH]ncc23)CC[C@@H](CC(=O)N2CCC3(CC2)NC(=O)Nc2ccccc23)C1=O. The van der Waals surface area contributed by atoms with Gasteiger partial charge >= 0.3 is 6.03 Å². The number of fused-ring (bicyclic) bond motifs is 5. The second-order valence-corrected chi connectivity index (χ2v) is 12.8. The molecule has 210 valence electrons. The Bertz CT molecular complexity index is 1460. The normalized spacial score (nSPS) is 20.8. The Morgan fingerprint density at radius 2 is 1.88 bits per heavy atom. The summed E-state index contributed by atoms with van der Waals surface area (Å²) in [7, 11) is 0. The van der Waals surface area contributed by atoms with Gasteiger partial charge in [0.05, 0.1) is 17.3 Å². The van der Waals surface area contributed by atoms with Gasteiger partial charge in [-0.2, -0.15) is 5.10 Å². The molecule has 0 unspecified atom stereocenters. The lowest BCUT2D eigenvalue weighted by molar-refractivity contribution is -0.143. The summed E-state index contributed by atoms with van der Waals surface area (Å²) >= 11 is 0. The number of aromatic amines is 1. The zero-order valence-electron chi connectivity index (χ0n) is 23.5. The third-order valence-electron chi connectivity index (χ3n) is 8.70. The number of carbonyl (C=O) groups excluding carboxylic acids is 3. The molecule has 0 bridgehead atoms. The van der Waals surface area contributed by atoms with Crippen LogP contribution in [0.25, 0.3) is 10.9 Å². The van der Waals surface area contributed by atoms with Gasteiger partial charge in [-0.1, -0.05) is 45.0 Å². The number of likely N-dealkylation sites (tertiary alicyclic amines) is 1. The molecule has 6 rings (SSSR count). The molecule has 9 heteroatoms. The van der Waals surface area contributed by atoms with Gasteiger partial charge in [0.15, 0.2) is 0 Å². The molecule has 9 nitrogen and oxygen atoms in total. The van der Waals surface area contributed by atoms with Crippen LogP contribution < -0.4 is 10.6 Å². The lowest BCUT2D eigenvalue weighted by atomic mass is 9.78. The number of nitrogens with zero attached hydrogens (tertiary/aromatic N) is 3. The zero-order valence-corrected chi connectivity index (χ0v) is 23.5. The number of rotatable bonds is 3. The van der Waals surface area contributed by atoms with Gasteiger partial charge in [0.1, 0.15) is 0 Å². The Morgan fingerprint density at radius 3 is 2.65 bits per heavy atom. The summed E-state index contributed by atoms with van der Waals surface area (Å²) in [6.07, 6.45) is 4.73. The Labute approximate surface area is 234 Å². The Hall–Kier alpha value is -3.88. The van der Waals surface area contributed by atoms with E-state index < -0.39 is 5.54 Å². The maximum Gasteiger partial charge on any atom is 0.319 e. The topological polar surface area (TPSA) is 110 Å². The van der Waals surface area contributed by atoms with Crippen LogP contribution in [0.3, 0.4) is 0 Å². The average Bonchev–Trinajstić information content (AvgIpc) is 3.39. The zero-order chi connectivity index (χ0) is 28.1. The number of para-hydroxylation sites is 1. The van der Waals surface area contributed by atoms with Crippen molar-refractivity contribution >= 4 is 34.4 Å². The molecule has 1 aromatic heterocycles. The maximum atomic E-state index is 14.0. The molecule has 0 aliphatic carbocycles. The lowest BCUT2D eigenvalue weighted by Crippen LogP contribution is -2.57. The first-order valence-electron chi connectivity index (χ1n) is 14.3. The highest BCUT2D eigenvalue weighted by Gasteiger charge is 2.43. The average molecular weight is 543 g/mol. The lowest BCUT2D eigenvalue weighted by Gasteiger charge is -2.45. The first-order valence-corrected chi connectivity index (χ1v) is 14.3. The van der Waals surface area contributed by atoms with E-state index in [-0.39, 0.29) is 35.6 Å². The van der Waals surface area contributed by atoms with E-state index in [4.69, 9.17) is 0 Å². The van der Waals surface area contributed by atoms with Crippen molar-refractivity contribution in [1.29, 1.82) is 0 Å². The second-order valence-electron chi connectivity index (χ2n) is 12.8. The molecule has 1 fully saturated rings. The number of hydrogen-bond acceptors (Lipinski definition) is 4. The van der Waals surface area contributed by atoms with E-state index in [2.05, 4.69) is 53.7 Å². The summed E-state index contributed by atoms with van der Waals surface area (Å²) in [6, 6.07) is 11.9. The standard InChI is InChI=1S/C31H38N6O3/c1-30(2,3)19-37-18-23-20(10-11-25-22(23)17-32-35-25)8-9-21(28(37)39)16-27(38)36-14-12-31(13-15-36)24-6-4-5-7-26(24)33-29(40)34-31/h4-7,10-11,17,21H,8-9,12-16,18-19H2,1-3H3,(H,32,35)(H2,33,34,40)/t21-/m0/s1. The number of urea groups is 1. The molecule has 40 heavy (non-hydrogen) atoms. The maximum absolute atomic E-state index is 14.0. The van der Waals surface area contributed by atoms with Crippen LogP contribution >= 0.6 is 0 Å². The molecular weight excluding hydrogens is 504 g/mol. The van der Waals surface area contributed by atoms with Crippen molar-refractivity contribution in [2.75, 3.05) is 25.0 Å². The minimum Gasteiger partial charge on any atom is -0.342 e. The minimum absolute atomic E-state index is 0.0172. The molecule has 1 atom stereocenters. The van der Waals surface area contributed by atoms with Crippen LogP contribution in [0.2, 0.25) is 0 Å². The van der Waals surface area contributed by atoms with Gasteiger partial charge in [-0.05, 0) is 54.4 Å². The number of piperidine rings is 1. The van der Waals surface area contributed by atoms with Crippen LogP contribution in [-0.4, -0.2) is 57.5 Å². The van der Waals surface area contributed by atoms with Crippen molar-refractivity contribution < 1.29 is 14.4 Å². The first kappa shape index (κ1) is 26.3. The summed E-state index contributed by atoms with van der Waals surface area (Å²) in [4.78, 5) is 43.8. The highest BCUT2D eigenvalue weighted by Crippen LogP contribution is 2.40. The summed E-state index contributed by atoms with van der Waals surface area (Å²) in [5.74, 6) is -0.288. The third kappa shape index (κ3) is 4.93. The number of H-pyrrole nitrogens is 1. The summed E-state index contributed by atoms with van der Waals surface area (Å²) in [6.45, 7) is 8.64. The highest BCUT2D eigenvalue weighted by molar-refractivity contribution is 5.94. The first-order chi connectivity index (χ1) is 19.1. The third-order valence-corrected chi connectivity index (χ3v) is 8.70. The van der Waals surface area contributed by atoms with Crippen LogP contribution in [0.15, 0.2) is 42.6 Å². The van der Waals surface area contributed by atoms with Gasteiger partial charge < -0.3 is 20.4 Å². The number of carbonyl (C=O) groups is 3. The van der Waals surface area contributed by atoms with E-state index in [0.717, 1.165) is 34.1 Å². The number of benzene rings is 2. The van der Waals surface area contributed by atoms with Crippen LogP contribution in [-0.2, 0) is 28.1 Å². The molecule has 1 spiro atoms. The molecule has 4 amide bonds. The number of aromatic nitrogens is 2. The van der Waals surface area contributed by atoms with Gasteiger partial charge in [0, 0.05) is 55.2 Å². The van der Waals surface area contributed by atoms with Gasteiger partial charge in [-0.3, -0.25) is 14.7 Å². The van der Waals surface area contributed by atoms with E-state index in [1.54, 1.807) is 0 Å². The molecule has 4 heterocycles. The van der Waals surface area contributed by atoms with Gasteiger partial charge in [-0.15, -0.1) is 0 Å². The Kier molecular flexibility index (Phi) is 6.55. The van der Waals surface area contributed by atoms with Crippen molar-refractivity contribution in [3.63, 3.8) is 0 Å². The van der Waals surface area contributed by atoms with Gasteiger partial charge in [0.2, 0.25) is 11.8 Å². The van der Waals surface area contributed by atoms with E-state index in [1.807, 2.05) is 40.3 Å². The monoisotopic (exact) mass is 542 g/mol. The number of anilines is 1. The fourth-order valence-electron chi connectivity index (χ4n) is 6.74. The number of hydrogen-bond donors (Lipinski definition) is 3. The molecule has 3 aliphatic heterocycles. The van der Waals surface area contributed by atoms with Crippen molar-refractivity contribution in [2.45, 2.75) is 65.0 Å². The van der Waals surface area contributed by atoms with Crippen molar-refractivity contribution in [2.24, 2.45) is 11.3 Å². The minimum atomic E-state index is -0.475. The second kappa shape index (κ2) is 9.94. The quantitative estimate of drug-likeness (QED) is 0.451. The summed E-state index contributed by atoms with van der Waals surface area (Å²) < 4.78 is 0. The number of amides is 4. The molecule has 0 radical (unpaired) electrons. The van der Waals surface area contributed by atoms with Crippen molar-refractivity contribution in [3.05, 3.63) is 59.3 Å². The van der Waals surface area contributed by atoms with Crippen LogP contribution in [0.5, 0.6) is 0 Å². The fourth-order valence-corrected chi connectivity index (χ4v) is 6.74. The highest BCUT2D eigenvalue weighted by atomic mass is 16.2. The van der Waals surface area contributed by atoms with Crippen LogP contribution in [0.1, 0.15) is 63.1 Å². The van der Waals surface area contributed by atoms with Gasteiger partial charge in [0.25, 0.3) is 0 Å². The molecule has 3 aromatic rings. The Morgan fingerprint density at radius 1 is 1.10 bits per heavy atom. The Balaban J connectivity index is 1.19. The van der Waals surface area contributed by atoms with Gasteiger partial charge in [-0.25, -0.2) is 4.79 Å². The predicted molar refractivity (Wildman–Crippen MR) is 153 cm³/mol. The summed E-state index contributed by atoms with van der Waals surface area (Å²) in [5, 5.41) is 14.4.